The number of halogens is 4. The predicted molar refractivity (Wildman–Crippen MR) is 182 cm³/mol. The third-order valence-electron chi connectivity index (χ3n) is 8.61. The number of nitrogens with zero attached hydrogens (tertiary/aromatic N) is 9. The van der Waals surface area contributed by atoms with Gasteiger partial charge in [0.2, 0.25) is 11.3 Å². The third kappa shape index (κ3) is 6.80. The normalized spacial score (nSPS) is 13.6. The van der Waals surface area contributed by atoms with Crippen LogP contribution in [0, 0.1) is 13.8 Å². The number of rotatable bonds is 7. The van der Waals surface area contributed by atoms with Gasteiger partial charge in [-0.1, -0.05) is 18.5 Å². The molecule has 0 atom stereocenters. The van der Waals surface area contributed by atoms with E-state index < -0.39 is 29.0 Å². The maximum absolute atomic E-state index is 14.4. The van der Waals surface area contributed by atoms with E-state index in [-0.39, 0.29) is 83.8 Å². The second kappa shape index (κ2) is 13.6. The molecule has 5 heterocycles. The van der Waals surface area contributed by atoms with Crippen LogP contribution in [-0.4, -0.2) is 82.3 Å². The molecule has 4 aromatic heterocycles. The molecule has 0 bridgehead atoms. The quantitative estimate of drug-likeness (QED) is 0.249. The van der Waals surface area contributed by atoms with Crippen LogP contribution in [0.15, 0.2) is 41.7 Å². The number of carbonyl (C=O) groups excluding carboxylic acids is 2. The number of nitrogens with one attached hydrogen (secondary N) is 1. The minimum atomic E-state index is -4.62. The molecule has 1 aliphatic heterocycles. The SMILES string of the molecule is CCc1c(N2CCN(C(=O)c3ncnc(C)c3O)CC2)c(=O)c2nc(-c3cnn(C)c3)c(C)nc2n1CC(=O)Nc1ccc(C(F)(F)F)cc1Cl. The van der Waals surface area contributed by atoms with Crippen molar-refractivity contribution in [2.45, 2.75) is 39.9 Å². The number of hydrogen-bond donors (Lipinski definition) is 2. The molecule has 266 valence electrons. The fourth-order valence-electron chi connectivity index (χ4n) is 6.05. The summed E-state index contributed by atoms with van der Waals surface area (Å²) >= 11 is 6.12. The zero-order chi connectivity index (χ0) is 36.8. The van der Waals surface area contributed by atoms with Gasteiger partial charge < -0.3 is 24.8 Å². The average molecular weight is 725 g/mol. The van der Waals surface area contributed by atoms with Crippen molar-refractivity contribution in [3.05, 3.63) is 80.5 Å². The summed E-state index contributed by atoms with van der Waals surface area (Å²) in [5, 5.41) is 16.9. The Hall–Kier alpha value is -5.58. The summed E-state index contributed by atoms with van der Waals surface area (Å²) in [6.45, 7) is 5.55. The van der Waals surface area contributed by atoms with Crippen LogP contribution in [0.25, 0.3) is 22.4 Å². The number of hydrogen-bond acceptors (Lipinski definition) is 10. The topological polar surface area (TPSA) is 164 Å². The van der Waals surface area contributed by atoms with Crippen molar-refractivity contribution in [2.24, 2.45) is 7.05 Å². The number of piperazine rings is 1. The number of fused-ring (bicyclic) bond motifs is 1. The van der Waals surface area contributed by atoms with E-state index in [9.17, 15) is 32.7 Å². The van der Waals surface area contributed by atoms with Crippen molar-refractivity contribution in [3.8, 4) is 17.0 Å². The van der Waals surface area contributed by atoms with Crippen LogP contribution in [0.4, 0.5) is 24.5 Å². The van der Waals surface area contributed by atoms with Crippen molar-refractivity contribution in [1.82, 2.24) is 39.2 Å². The molecule has 0 radical (unpaired) electrons. The maximum Gasteiger partial charge on any atom is 0.416 e. The standard InChI is InChI=1S/C33H32ClF3N10O4/c1-5-23-28(45-8-10-46(11-9-45)32(51)27-29(49)18(3)38-16-39-27)30(50)26-31(41-17(2)25(43-26)19-13-40-44(4)14-19)47(23)15-24(48)42-22-7-6-20(12-21(22)34)33(35,36)37/h6-7,12-14,16,49H,5,8-11,15H2,1-4H3,(H,42,48). The number of anilines is 2. The summed E-state index contributed by atoms with van der Waals surface area (Å²) in [7, 11) is 1.74. The Kier molecular flexibility index (Phi) is 9.41. The third-order valence-corrected chi connectivity index (χ3v) is 8.93. The highest BCUT2D eigenvalue weighted by Crippen LogP contribution is 2.34. The average Bonchev–Trinajstić information content (AvgIpc) is 3.52. The van der Waals surface area contributed by atoms with Crippen LogP contribution in [0.5, 0.6) is 5.75 Å². The van der Waals surface area contributed by atoms with E-state index in [4.69, 9.17) is 21.6 Å². The van der Waals surface area contributed by atoms with Crippen molar-refractivity contribution >= 4 is 46.0 Å². The Bertz CT molecular complexity index is 2250. The lowest BCUT2D eigenvalue weighted by Crippen LogP contribution is -2.50. The first-order chi connectivity index (χ1) is 24.2. The van der Waals surface area contributed by atoms with Crippen LogP contribution in [-0.2, 0) is 31.0 Å². The molecule has 0 spiro atoms. The lowest BCUT2D eigenvalue weighted by Gasteiger charge is -2.37. The van der Waals surface area contributed by atoms with E-state index in [1.807, 2.05) is 11.8 Å². The lowest BCUT2D eigenvalue weighted by atomic mass is 10.1. The van der Waals surface area contributed by atoms with Gasteiger partial charge in [0.1, 0.15) is 18.6 Å². The first-order valence-electron chi connectivity index (χ1n) is 15.8. The molecule has 1 fully saturated rings. The summed E-state index contributed by atoms with van der Waals surface area (Å²) < 4.78 is 42.8. The van der Waals surface area contributed by atoms with Gasteiger partial charge in [-0.25, -0.2) is 19.9 Å². The molecule has 18 heteroatoms. The fraction of sp³-hybridized carbons (Fsp3) is 0.333. The van der Waals surface area contributed by atoms with Crippen molar-refractivity contribution in [1.29, 1.82) is 0 Å². The van der Waals surface area contributed by atoms with Gasteiger partial charge in [0.25, 0.3) is 5.91 Å². The van der Waals surface area contributed by atoms with E-state index in [1.54, 1.807) is 42.5 Å². The molecule has 1 aliphatic rings. The van der Waals surface area contributed by atoms with Gasteiger partial charge in [-0.2, -0.15) is 18.3 Å². The summed E-state index contributed by atoms with van der Waals surface area (Å²) in [6, 6.07) is 2.62. The maximum atomic E-state index is 14.4. The number of aromatic hydroxyl groups is 1. The van der Waals surface area contributed by atoms with Gasteiger partial charge in [-0.05, 0) is 38.5 Å². The Morgan fingerprint density at radius 3 is 2.41 bits per heavy atom. The van der Waals surface area contributed by atoms with Crippen molar-refractivity contribution < 1.29 is 27.9 Å². The number of carbonyl (C=O) groups is 2. The number of aryl methyl sites for hydroxylation is 3. The molecule has 2 N–H and O–H groups in total. The van der Waals surface area contributed by atoms with E-state index in [2.05, 4.69) is 20.4 Å². The molecule has 0 aliphatic carbocycles. The molecule has 0 saturated carbocycles. The molecule has 6 rings (SSSR count). The highest BCUT2D eigenvalue weighted by atomic mass is 35.5. The molecule has 2 amide bonds. The summed E-state index contributed by atoms with van der Waals surface area (Å²) in [4.78, 5) is 61.9. The molecule has 51 heavy (non-hydrogen) atoms. The van der Waals surface area contributed by atoms with Gasteiger partial charge >= 0.3 is 6.18 Å². The van der Waals surface area contributed by atoms with E-state index in [1.165, 1.54) is 11.2 Å². The fourth-order valence-corrected chi connectivity index (χ4v) is 6.28. The van der Waals surface area contributed by atoms with Crippen LogP contribution >= 0.6 is 11.6 Å². The lowest BCUT2D eigenvalue weighted by molar-refractivity contribution is -0.137. The minimum absolute atomic E-state index is 0.00750. The minimum Gasteiger partial charge on any atom is -0.504 e. The second-order valence-corrected chi connectivity index (χ2v) is 12.4. The van der Waals surface area contributed by atoms with E-state index in [0.29, 0.717) is 22.6 Å². The van der Waals surface area contributed by atoms with Crippen molar-refractivity contribution in [3.63, 3.8) is 0 Å². The van der Waals surface area contributed by atoms with Crippen LogP contribution in [0.3, 0.4) is 0 Å². The van der Waals surface area contributed by atoms with Crippen LogP contribution < -0.4 is 15.6 Å². The predicted octanol–water partition coefficient (Wildman–Crippen LogP) is 4.14. The first kappa shape index (κ1) is 35.3. The van der Waals surface area contributed by atoms with Gasteiger partial charge in [-0.15, -0.1) is 0 Å². The highest BCUT2D eigenvalue weighted by Gasteiger charge is 2.32. The highest BCUT2D eigenvalue weighted by molar-refractivity contribution is 6.33. The number of pyridine rings is 1. The summed E-state index contributed by atoms with van der Waals surface area (Å²) in [5.41, 5.74) is 1.13. The van der Waals surface area contributed by atoms with Crippen molar-refractivity contribution in [2.75, 3.05) is 36.4 Å². The number of aromatic nitrogens is 7. The summed E-state index contributed by atoms with van der Waals surface area (Å²) in [6.07, 6.45) is 0.198. The Morgan fingerprint density at radius 1 is 1.06 bits per heavy atom. The largest absolute Gasteiger partial charge is 0.504 e. The first-order valence-corrected chi connectivity index (χ1v) is 16.2. The molecule has 1 saturated heterocycles. The van der Waals surface area contributed by atoms with E-state index in [0.717, 1.165) is 18.2 Å². The molecular formula is C33H32ClF3N10O4. The van der Waals surface area contributed by atoms with Gasteiger partial charge in [-0.3, -0.25) is 19.1 Å². The summed E-state index contributed by atoms with van der Waals surface area (Å²) in [5.74, 6) is -1.41. The number of benzene rings is 1. The van der Waals surface area contributed by atoms with Gasteiger partial charge in [0.15, 0.2) is 22.6 Å². The molecular weight excluding hydrogens is 693 g/mol. The number of alkyl halides is 3. The van der Waals surface area contributed by atoms with Gasteiger partial charge in [0, 0.05) is 50.7 Å². The Morgan fingerprint density at radius 2 is 1.78 bits per heavy atom. The smallest absolute Gasteiger partial charge is 0.416 e. The molecule has 5 aromatic rings. The molecule has 14 nitrogen and oxygen atoms in total. The monoisotopic (exact) mass is 724 g/mol. The Balaban J connectivity index is 1.40. The van der Waals surface area contributed by atoms with E-state index >= 15 is 0 Å². The van der Waals surface area contributed by atoms with Crippen LogP contribution in [0.1, 0.15) is 40.1 Å². The Labute approximate surface area is 293 Å². The van der Waals surface area contributed by atoms with Crippen LogP contribution in [0.2, 0.25) is 5.02 Å². The molecule has 1 aromatic carbocycles. The zero-order valence-corrected chi connectivity index (χ0v) is 28.7. The second-order valence-electron chi connectivity index (χ2n) is 12.0. The van der Waals surface area contributed by atoms with Gasteiger partial charge in [0.05, 0.1) is 39.6 Å². The zero-order valence-electron chi connectivity index (χ0n) is 27.9. The number of amides is 2. The molecule has 0 unspecified atom stereocenters.